The molecule has 28 heavy (non-hydrogen) atoms. The van der Waals surface area contributed by atoms with Crippen molar-refractivity contribution in [3.8, 4) is 11.1 Å². The number of anilines is 1. The van der Waals surface area contributed by atoms with E-state index in [9.17, 15) is 22.8 Å². The lowest BCUT2D eigenvalue weighted by Gasteiger charge is -2.19. The number of nitrogens with zero attached hydrogens (tertiary/aromatic N) is 1. The van der Waals surface area contributed by atoms with E-state index in [4.69, 9.17) is 0 Å². The van der Waals surface area contributed by atoms with E-state index in [1.165, 1.54) is 12.1 Å². The van der Waals surface area contributed by atoms with Crippen molar-refractivity contribution < 1.29 is 18.0 Å². The van der Waals surface area contributed by atoms with Gasteiger partial charge in [-0.3, -0.25) is 9.59 Å². The van der Waals surface area contributed by atoms with Crippen molar-refractivity contribution in [2.24, 2.45) is 7.05 Å². The first-order valence-corrected chi connectivity index (χ1v) is 8.83. The molecule has 0 saturated carbocycles. The van der Waals surface area contributed by atoms with Crippen molar-refractivity contribution in [2.45, 2.75) is 25.9 Å². The predicted octanol–water partition coefficient (Wildman–Crippen LogP) is 4.96. The number of aromatic nitrogens is 1. The molecule has 0 saturated heterocycles. The van der Waals surface area contributed by atoms with Gasteiger partial charge in [0.15, 0.2) is 5.43 Å². The third kappa shape index (κ3) is 3.65. The predicted molar refractivity (Wildman–Crippen MR) is 103 cm³/mol. The highest BCUT2D eigenvalue weighted by atomic mass is 19.4. The maximum atomic E-state index is 13.2. The van der Waals surface area contributed by atoms with Gasteiger partial charge < -0.3 is 9.88 Å². The van der Waals surface area contributed by atoms with Crippen molar-refractivity contribution in [2.75, 3.05) is 5.32 Å². The second-order valence-electron chi connectivity index (χ2n) is 6.51. The van der Waals surface area contributed by atoms with Gasteiger partial charge in [0.2, 0.25) is 5.91 Å². The van der Waals surface area contributed by atoms with Crippen LogP contribution in [0.2, 0.25) is 0 Å². The number of benzene rings is 2. The summed E-state index contributed by atoms with van der Waals surface area (Å²) in [6.45, 7) is 1.84. The molecule has 0 aliphatic rings. The fraction of sp³-hybridized carbons (Fsp3) is 0.238. The van der Waals surface area contributed by atoms with Crippen LogP contribution >= 0.6 is 0 Å². The fourth-order valence-corrected chi connectivity index (χ4v) is 3.18. The Labute approximate surface area is 159 Å². The topological polar surface area (TPSA) is 51.1 Å². The zero-order chi connectivity index (χ0) is 20.5. The summed E-state index contributed by atoms with van der Waals surface area (Å²) in [7, 11) is 1.67. The quantitative estimate of drug-likeness (QED) is 0.687. The number of nitrogens with one attached hydrogen (secondary N) is 1. The Hall–Kier alpha value is -3.09. The molecule has 7 heteroatoms. The monoisotopic (exact) mass is 388 g/mol. The van der Waals surface area contributed by atoms with Crippen LogP contribution in [0.1, 0.15) is 25.3 Å². The summed E-state index contributed by atoms with van der Waals surface area (Å²) >= 11 is 0. The SMILES string of the molecule is CCCC(=O)Nc1c(-c2cccc(C(F)(F)F)c2)c(=O)c2ccccc2n1C. The Balaban J connectivity index is 2.33. The number of amides is 1. The smallest absolute Gasteiger partial charge is 0.330 e. The second-order valence-corrected chi connectivity index (χ2v) is 6.51. The summed E-state index contributed by atoms with van der Waals surface area (Å²) in [5, 5.41) is 3.08. The number of aryl methyl sites for hydroxylation is 1. The number of para-hydroxylation sites is 1. The Bertz CT molecular complexity index is 1100. The Kier molecular flexibility index (Phi) is 5.27. The molecule has 0 fully saturated rings. The summed E-state index contributed by atoms with van der Waals surface area (Å²) in [6, 6.07) is 11.4. The molecule has 1 amide bonds. The minimum Gasteiger partial charge on any atom is -0.330 e. The van der Waals surface area contributed by atoms with Crippen LogP contribution in [0.5, 0.6) is 0 Å². The molecular weight excluding hydrogens is 369 g/mol. The van der Waals surface area contributed by atoms with Crippen molar-refractivity contribution in [1.29, 1.82) is 0 Å². The lowest BCUT2D eigenvalue weighted by Crippen LogP contribution is -2.21. The number of fused-ring (bicyclic) bond motifs is 1. The number of carbonyl (C=O) groups excluding carboxylic acids is 1. The number of rotatable bonds is 4. The third-order valence-corrected chi connectivity index (χ3v) is 4.52. The molecule has 0 unspecified atom stereocenters. The standard InChI is InChI=1S/C21H19F3N2O2/c1-3-7-17(27)25-20-18(13-8-6-9-14(12-13)21(22,23)24)19(28)15-10-4-5-11-16(15)26(20)2/h4-6,8-12H,3,7H2,1-2H3,(H,25,27). The molecule has 0 atom stereocenters. The first kappa shape index (κ1) is 19.7. The normalized spacial score (nSPS) is 11.6. The number of halogens is 3. The zero-order valence-corrected chi connectivity index (χ0v) is 15.4. The molecule has 0 aliphatic heterocycles. The minimum absolute atomic E-state index is 0.0387. The van der Waals surface area contributed by atoms with E-state index in [0.29, 0.717) is 17.3 Å². The molecule has 1 aromatic heterocycles. The average molecular weight is 388 g/mol. The molecule has 4 nitrogen and oxygen atoms in total. The van der Waals surface area contributed by atoms with Gasteiger partial charge in [0.1, 0.15) is 5.82 Å². The summed E-state index contributed by atoms with van der Waals surface area (Å²) in [5.41, 5.74) is -0.564. The van der Waals surface area contributed by atoms with Gasteiger partial charge in [0.25, 0.3) is 0 Å². The van der Waals surface area contributed by atoms with Crippen LogP contribution in [-0.4, -0.2) is 10.5 Å². The van der Waals surface area contributed by atoms with E-state index in [2.05, 4.69) is 5.32 Å². The number of hydrogen-bond donors (Lipinski definition) is 1. The van der Waals surface area contributed by atoms with Gasteiger partial charge in [-0.2, -0.15) is 13.2 Å². The van der Waals surface area contributed by atoms with Crippen molar-refractivity contribution >= 4 is 22.6 Å². The van der Waals surface area contributed by atoms with E-state index in [0.717, 1.165) is 12.1 Å². The van der Waals surface area contributed by atoms with Crippen LogP contribution < -0.4 is 10.7 Å². The van der Waals surface area contributed by atoms with Crippen LogP contribution in [0.4, 0.5) is 19.0 Å². The largest absolute Gasteiger partial charge is 0.416 e. The summed E-state index contributed by atoms with van der Waals surface area (Å²) in [5.74, 6) is -0.123. The molecular formula is C21H19F3N2O2. The minimum atomic E-state index is -4.54. The number of hydrogen-bond acceptors (Lipinski definition) is 2. The van der Waals surface area contributed by atoms with Gasteiger partial charge in [-0.1, -0.05) is 31.2 Å². The van der Waals surface area contributed by atoms with Crippen LogP contribution in [0.3, 0.4) is 0 Å². The molecule has 3 aromatic rings. The molecule has 146 valence electrons. The van der Waals surface area contributed by atoms with Crippen molar-refractivity contribution in [1.82, 2.24) is 4.57 Å². The lowest BCUT2D eigenvalue weighted by atomic mass is 10.00. The highest BCUT2D eigenvalue weighted by Gasteiger charge is 2.31. The van der Waals surface area contributed by atoms with E-state index in [1.807, 2.05) is 6.92 Å². The Morgan fingerprint density at radius 2 is 1.82 bits per heavy atom. The van der Waals surface area contributed by atoms with Crippen molar-refractivity contribution in [3.63, 3.8) is 0 Å². The molecule has 1 N–H and O–H groups in total. The zero-order valence-electron chi connectivity index (χ0n) is 15.4. The molecule has 0 radical (unpaired) electrons. The van der Waals surface area contributed by atoms with Gasteiger partial charge in [0.05, 0.1) is 16.6 Å². The third-order valence-electron chi connectivity index (χ3n) is 4.52. The first-order valence-electron chi connectivity index (χ1n) is 8.83. The maximum Gasteiger partial charge on any atom is 0.416 e. The van der Waals surface area contributed by atoms with E-state index < -0.39 is 17.2 Å². The van der Waals surface area contributed by atoms with Crippen LogP contribution in [0.15, 0.2) is 53.3 Å². The Morgan fingerprint density at radius 3 is 2.50 bits per heavy atom. The summed E-state index contributed by atoms with van der Waals surface area (Å²) in [4.78, 5) is 25.4. The van der Waals surface area contributed by atoms with Gasteiger partial charge in [-0.25, -0.2) is 0 Å². The van der Waals surface area contributed by atoms with Gasteiger partial charge in [-0.05, 0) is 36.2 Å². The van der Waals surface area contributed by atoms with E-state index >= 15 is 0 Å². The lowest BCUT2D eigenvalue weighted by molar-refractivity contribution is -0.137. The van der Waals surface area contributed by atoms with E-state index in [1.54, 1.807) is 35.9 Å². The first-order chi connectivity index (χ1) is 13.2. The highest BCUT2D eigenvalue weighted by molar-refractivity contribution is 5.98. The molecule has 2 aromatic carbocycles. The van der Waals surface area contributed by atoms with Crippen molar-refractivity contribution in [3.05, 3.63) is 64.3 Å². The molecule has 0 bridgehead atoms. The fourth-order valence-electron chi connectivity index (χ4n) is 3.18. The van der Waals surface area contributed by atoms with Crippen LogP contribution in [-0.2, 0) is 18.0 Å². The van der Waals surface area contributed by atoms with Gasteiger partial charge >= 0.3 is 6.18 Å². The Morgan fingerprint density at radius 1 is 1.11 bits per heavy atom. The maximum absolute atomic E-state index is 13.2. The van der Waals surface area contributed by atoms with Gasteiger partial charge in [0, 0.05) is 18.9 Å². The molecule has 0 spiro atoms. The van der Waals surface area contributed by atoms with E-state index in [-0.39, 0.29) is 29.3 Å². The van der Waals surface area contributed by atoms with Gasteiger partial charge in [-0.15, -0.1) is 0 Å². The number of alkyl halides is 3. The number of pyridine rings is 1. The molecule has 0 aliphatic carbocycles. The molecule has 3 rings (SSSR count). The van der Waals surface area contributed by atoms with Crippen LogP contribution in [0, 0.1) is 0 Å². The highest BCUT2D eigenvalue weighted by Crippen LogP contribution is 2.34. The summed E-state index contributed by atoms with van der Waals surface area (Å²) < 4.78 is 41.1. The van der Waals surface area contributed by atoms with Crippen LogP contribution in [0.25, 0.3) is 22.0 Å². The second kappa shape index (κ2) is 7.50. The number of carbonyl (C=O) groups is 1. The summed E-state index contributed by atoms with van der Waals surface area (Å²) in [6.07, 6.45) is -3.70. The average Bonchev–Trinajstić information content (AvgIpc) is 2.66. The molecule has 1 heterocycles.